The van der Waals surface area contributed by atoms with Gasteiger partial charge in [0.2, 0.25) is 5.82 Å². The first-order chi connectivity index (χ1) is 8.56. The zero-order valence-electron chi connectivity index (χ0n) is 9.68. The van der Waals surface area contributed by atoms with E-state index in [0.717, 1.165) is 6.42 Å². The second kappa shape index (κ2) is 5.03. The maximum absolute atomic E-state index is 11.5. The van der Waals surface area contributed by atoms with Gasteiger partial charge in [-0.3, -0.25) is 14.6 Å². The lowest BCUT2D eigenvalue weighted by atomic mass is 10.0. The number of anilines is 1. The predicted molar refractivity (Wildman–Crippen MR) is 62.7 cm³/mol. The average molecular weight is 254 g/mol. The van der Waals surface area contributed by atoms with E-state index in [1.807, 2.05) is 0 Å². The van der Waals surface area contributed by atoms with Crippen molar-refractivity contribution < 1.29 is 9.90 Å². The van der Waals surface area contributed by atoms with Gasteiger partial charge in [-0.2, -0.15) is 0 Å². The predicted octanol–water partition coefficient (Wildman–Crippen LogP) is -0.851. The Labute approximate surface area is 102 Å². The Morgan fingerprint density at radius 2 is 2.28 bits per heavy atom. The van der Waals surface area contributed by atoms with Gasteiger partial charge in [-0.1, -0.05) is 0 Å². The Morgan fingerprint density at radius 1 is 1.50 bits per heavy atom. The van der Waals surface area contributed by atoms with Crippen molar-refractivity contribution in [2.45, 2.75) is 19.3 Å². The van der Waals surface area contributed by atoms with Crippen LogP contribution < -0.4 is 16.1 Å². The monoisotopic (exact) mass is 254 g/mol. The van der Waals surface area contributed by atoms with E-state index in [1.54, 1.807) is 4.90 Å². The van der Waals surface area contributed by atoms with Crippen LogP contribution in [0, 0.1) is 5.92 Å². The normalized spacial score (nSPS) is 19.1. The molecule has 2 heterocycles. The van der Waals surface area contributed by atoms with Crippen molar-refractivity contribution in [1.29, 1.82) is 0 Å². The number of rotatable bonds is 4. The van der Waals surface area contributed by atoms with Crippen LogP contribution in [-0.2, 0) is 4.79 Å². The minimum absolute atomic E-state index is 0.133. The molecule has 0 spiro atoms. The lowest BCUT2D eigenvalue weighted by molar-refractivity contribution is -0.137. The molecule has 1 aliphatic heterocycles. The zero-order valence-corrected chi connectivity index (χ0v) is 9.68. The fourth-order valence-electron chi connectivity index (χ4n) is 2.14. The number of aromatic amines is 2. The van der Waals surface area contributed by atoms with E-state index >= 15 is 0 Å². The fraction of sp³-hybridized carbons (Fsp3) is 0.600. The Bertz CT molecular complexity index is 549. The van der Waals surface area contributed by atoms with Crippen molar-refractivity contribution >= 4 is 11.8 Å². The molecule has 0 radical (unpaired) electrons. The van der Waals surface area contributed by atoms with Crippen molar-refractivity contribution in [3.8, 4) is 0 Å². The third-order valence-corrected chi connectivity index (χ3v) is 3.05. The van der Waals surface area contributed by atoms with Crippen LogP contribution in [0.2, 0.25) is 0 Å². The summed E-state index contributed by atoms with van der Waals surface area (Å²) in [7, 11) is 0. The first-order valence-electron chi connectivity index (χ1n) is 5.72. The third-order valence-electron chi connectivity index (χ3n) is 3.05. The number of nitrogens with zero attached hydrogens (tertiary/aromatic N) is 2. The molecule has 1 atom stereocenters. The van der Waals surface area contributed by atoms with Gasteiger partial charge in [-0.25, -0.2) is 9.89 Å². The number of carboxylic acid groups (broad SMARTS) is 1. The number of carbonyl (C=O) groups is 1. The van der Waals surface area contributed by atoms with Crippen LogP contribution in [0.25, 0.3) is 0 Å². The summed E-state index contributed by atoms with van der Waals surface area (Å²) in [5.41, 5.74) is -1.15. The average Bonchev–Trinajstić information content (AvgIpc) is 2.75. The highest BCUT2D eigenvalue weighted by molar-refractivity contribution is 5.66. The molecule has 2 rings (SSSR count). The molecule has 0 amide bonds. The summed E-state index contributed by atoms with van der Waals surface area (Å²) in [4.78, 5) is 36.7. The fourth-order valence-corrected chi connectivity index (χ4v) is 2.14. The lowest BCUT2D eigenvalue weighted by Crippen LogP contribution is -2.33. The second-order valence-electron chi connectivity index (χ2n) is 4.36. The number of H-pyrrole nitrogens is 2. The minimum atomic E-state index is -0.812. The van der Waals surface area contributed by atoms with Crippen molar-refractivity contribution in [3.05, 3.63) is 20.8 Å². The Kier molecular flexibility index (Phi) is 3.45. The topological polar surface area (TPSA) is 119 Å². The molecular weight excluding hydrogens is 240 g/mol. The van der Waals surface area contributed by atoms with Gasteiger partial charge in [-0.05, 0) is 18.8 Å². The molecule has 98 valence electrons. The summed E-state index contributed by atoms with van der Waals surface area (Å²) >= 11 is 0. The van der Waals surface area contributed by atoms with Gasteiger partial charge >= 0.3 is 11.7 Å². The smallest absolute Gasteiger partial charge is 0.342 e. The molecule has 3 N–H and O–H groups in total. The van der Waals surface area contributed by atoms with Crippen molar-refractivity contribution in [2.75, 3.05) is 18.0 Å². The van der Waals surface area contributed by atoms with Crippen molar-refractivity contribution in [2.24, 2.45) is 5.92 Å². The van der Waals surface area contributed by atoms with Crippen LogP contribution in [0.15, 0.2) is 9.59 Å². The molecule has 1 unspecified atom stereocenters. The second-order valence-corrected chi connectivity index (χ2v) is 4.36. The molecule has 1 saturated heterocycles. The maximum Gasteiger partial charge on any atom is 0.342 e. The van der Waals surface area contributed by atoms with E-state index in [-0.39, 0.29) is 18.2 Å². The molecule has 0 aliphatic carbocycles. The Hall–Kier alpha value is -2.12. The number of aliphatic carboxylic acids is 1. The maximum atomic E-state index is 11.5. The minimum Gasteiger partial charge on any atom is -0.481 e. The van der Waals surface area contributed by atoms with Crippen LogP contribution in [0.1, 0.15) is 19.3 Å². The molecule has 0 saturated carbocycles. The summed E-state index contributed by atoms with van der Waals surface area (Å²) in [6.45, 7) is 1.24. The number of hydrogen-bond donors (Lipinski definition) is 3. The largest absolute Gasteiger partial charge is 0.481 e. The number of hydrogen-bond acceptors (Lipinski definition) is 5. The molecule has 1 aliphatic rings. The van der Waals surface area contributed by atoms with Gasteiger partial charge in [0.25, 0.3) is 5.56 Å². The molecule has 18 heavy (non-hydrogen) atoms. The van der Waals surface area contributed by atoms with E-state index in [9.17, 15) is 14.4 Å². The molecule has 1 aromatic heterocycles. The summed E-state index contributed by atoms with van der Waals surface area (Å²) in [5, 5.41) is 14.5. The van der Waals surface area contributed by atoms with Crippen LogP contribution in [0.4, 0.5) is 5.82 Å². The van der Waals surface area contributed by atoms with E-state index in [2.05, 4.69) is 15.2 Å². The van der Waals surface area contributed by atoms with Gasteiger partial charge in [0.15, 0.2) is 0 Å². The summed E-state index contributed by atoms with van der Waals surface area (Å²) in [6.07, 6.45) is 1.55. The van der Waals surface area contributed by atoms with Crippen molar-refractivity contribution in [3.63, 3.8) is 0 Å². The van der Waals surface area contributed by atoms with Crippen LogP contribution in [0.5, 0.6) is 0 Å². The number of carboxylic acids is 1. The van der Waals surface area contributed by atoms with Gasteiger partial charge in [0, 0.05) is 19.5 Å². The van der Waals surface area contributed by atoms with Gasteiger partial charge in [-0.15, -0.1) is 5.10 Å². The highest BCUT2D eigenvalue weighted by Crippen LogP contribution is 2.22. The van der Waals surface area contributed by atoms with Gasteiger partial charge in [0.05, 0.1) is 0 Å². The molecule has 8 heteroatoms. The van der Waals surface area contributed by atoms with Crippen LogP contribution in [0.3, 0.4) is 0 Å². The molecule has 0 aromatic carbocycles. The number of nitrogens with one attached hydrogen (secondary N) is 2. The molecular formula is C10H14N4O4. The molecule has 8 nitrogen and oxygen atoms in total. The lowest BCUT2D eigenvalue weighted by Gasteiger charge is -2.15. The van der Waals surface area contributed by atoms with Crippen LogP contribution >= 0.6 is 0 Å². The quantitative estimate of drug-likeness (QED) is 0.643. The SMILES string of the molecule is O=C(O)CCC1CCN(c2n[nH]c(=O)[nH]c2=O)C1. The highest BCUT2D eigenvalue weighted by atomic mass is 16.4. The van der Waals surface area contributed by atoms with E-state index < -0.39 is 17.2 Å². The summed E-state index contributed by atoms with van der Waals surface area (Å²) < 4.78 is 0. The van der Waals surface area contributed by atoms with E-state index in [1.165, 1.54) is 0 Å². The van der Waals surface area contributed by atoms with Gasteiger partial charge in [0.1, 0.15) is 0 Å². The van der Waals surface area contributed by atoms with Crippen LogP contribution in [-0.4, -0.2) is 39.3 Å². The van der Waals surface area contributed by atoms with E-state index in [4.69, 9.17) is 5.11 Å². The Balaban J connectivity index is 2.02. The standard InChI is InChI=1S/C10H14N4O4/c15-7(16)2-1-6-3-4-14(5-6)8-9(17)11-10(18)13-12-8/h6H,1-5H2,(H,15,16)(H2,11,13,17,18). The van der Waals surface area contributed by atoms with Crippen molar-refractivity contribution in [1.82, 2.24) is 15.2 Å². The zero-order chi connectivity index (χ0) is 13.1. The summed E-state index contributed by atoms with van der Waals surface area (Å²) in [5.74, 6) is -0.380. The first-order valence-corrected chi connectivity index (χ1v) is 5.72. The molecule has 1 aromatic rings. The summed E-state index contributed by atoms with van der Waals surface area (Å²) in [6, 6.07) is 0. The third kappa shape index (κ3) is 2.76. The molecule has 1 fully saturated rings. The first kappa shape index (κ1) is 12.3. The van der Waals surface area contributed by atoms with Gasteiger partial charge < -0.3 is 10.0 Å². The highest BCUT2D eigenvalue weighted by Gasteiger charge is 2.25. The Morgan fingerprint density at radius 3 is 2.94 bits per heavy atom. The van der Waals surface area contributed by atoms with E-state index in [0.29, 0.717) is 19.5 Å². The molecule has 0 bridgehead atoms. The number of aromatic nitrogens is 3.